The summed E-state index contributed by atoms with van der Waals surface area (Å²) in [5.41, 5.74) is 0.601. The number of benzene rings is 2. The molecule has 2 aromatic carbocycles. The van der Waals surface area contributed by atoms with Crippen LogP contribution in [0.5, 0.6) is 0 Å². The van der Waals surface area contributed by atoms with Gasteiger partial charge in [-0.3, -0.25) is 9.52 Å². The lowest BCUT2D eigenvalue weighted by Crippen LogP contribution is -2.30. The highest BCUT2D eigenvalue weighted by Gasteiger charge is 2.17. The van der Waals surface area contributed by atoms with E-state index < -0.39 is 26.6 Å². The maximum absolute atomic E-state index is 13.2. The van der Waals surface area contributed by atoms with Crippen LogP contribution in [-0.2, 0) is 10.0 Å². The van der Waals surface area contributed by atoms with Crippen LogP contribution < -0.4 is 4.72 Å². The molecule has 0 spiro atoms. The van der Waals surface area contributed by atoms with Crippen LogP contribution in [0.4, 0.5) is 14.5 Å². The molecular weight excluding hydrogens is 350 g/mol. The zero-order chi connectivity index (χ0) is 18.6. The van der Waals surface area contributed by atoms with E-state index in [1.165, 1.54) is 24.3 Å². The number of hydrogen-bond acceptors (Lipinski definition) is 3. The van der Waals surface area contributed by atoms with E-state index in [4.69, 9.17) is 0 Å². The van der Waals surface area contributed by atoms with E-state index in [0.717, 1.165) is 12.1 Å². The molecule has 25 heavy (non-hydrogen) atoms. The Morgan fingerprint density at radius 2 is 1.52 bits per heavy atom. The maximum atomic E-state index is 13.2. The van der Waals surface area contributed by atoms with E-state index in [0.29, 0.717) is 24.7 Å². The van der Waals surface area contributed by atoms with Crippen molar-refractivity contribution in [2.75, 3.05) is 17.8 Å². The summed E-state index contributed by atoms with van der Waals surface area (Å²) in [6.45, 7) is 4.85. The number of anilines is 1. The lowest BCUT2D eigenvalue weighted by molar-refractivity contribution is 0.0773. The lowest BCUT2D eigenvalue weighted by Gasteiger charge is -2.18. The van der Waals surface area contributed by atoms with Gasteiger partial charge in [0.2, 0.25) is 0 Å². The molecule has 0 radical (unpaired) electrons. The number of nitrogens with one attached hydrogen (secondary N) is 1. The van der Waals surface area contributed by atoms with Crippen LogP contribution >= 0.6 is 0 Å². The fraction of sp³-hybridized carbons (Fsp3) is 0.235. The van der Waals surface area contributed by atoms with Crippen molar-refractivity contribution in [3.05, 3.63) is 59.7 Å². The summed E-state index contributed by atoms with van der Waals surface area (Å²) in [7, 11) is -4.14. The molecule has 1 N–H and O–H groups in total. The summed E-state index contributed by atoms with van der Waals surface area (Å²) in [4.78, 5) is 13.3. The lowest BCUT2D eigenvalue weighted by atomic mass is 10.2. The van der Waals surface area contributed by atoms with Crippen molar-refractivity contribution in [2.45, 2.75) is 18.7 Å². The highest BCUT2D eigenvalue weighted by Crippen LogP contribution is 2.19. The van der Waals surface area contributed by atoms with E-state index in [1.807, 2.05) is 13.8 Å². The highest BCUT2D eigenvalue weighted by atomic mass is 32.2. The molecule has 2 rings (SSSR count). The maximum Gasteiger partial charge on any atom is 0.262 e. The van der Waals surface area contributed by atoms with Crippen LogP contribution in [0.25, 0.3) is 0 Å². The second kappa shape index (κ2) is 7.60. The summed E-state index contributed by atoms with van der Waals surface area (Å²) in [6.07, 6.45) is 0. The van der Waals surface area contributed by atoms with E-state index in [9.17, 15) is 22.0 Å². The zero-order valence-electron chi connectivity index (χ0n) is 13.8. The topological polar surface area (TPSA) is 66.5 Å². The predicted octanol–water partition coefficient (Wildman–Crippen LogP) is 3.25. The van der Waals surface area contributed by atoms with E-state index in [2.05, 4.69) is 4.72 Å². The van der Waals surface area contributed by atoms with Crippen LogP contribution in [-0.4, -0.2) is 32.3 Å². The molecule has 0 unspecified atom stereocenters. The smallest absolute Gasteiger partial charge is 0.262 e. The van der Waals surface area contributed by atoms with Crippen molar-refractivity contribution >= 4 is 21.6 Å². The predicted molar refractivity (Wildman–Crippen MR) is 90.9 cm³/mol. The van der Waals surface area contributed by atoms with Gasteiger partial charge in [-0.15, -0.1) is 0 Å². The van der Waals surface area contributed by atoms with Gasteiger partial charge < -0.3 is 4.90 Å². The molecule has 1 amide bonds. The molecule has 0 atom stereocenters. The van der Waals surface area contributed by atoms with Gasteiger partial charge >= 0.3 is 0 Å². The molecule has 8 heteroatoms. The highest BCUT2D eigenvalue weighted by molar-refractivity contribution is 7.92. The van der Waals surface area contributed by atoms with Gasteiger partial charge in [-0.05, 0) is 50.2 Å². The Morgan fingerprint density at radius 1 is 1.00 bits per heavy atom. The first-order valence-corrected chi connectivity index (χ1v) is 9.13. The minimum absolute atomic E-state index is 0.161. The monoisotopic (exact) mass is 368 g/mol. The Balaban J connectivity index is 2.21. The van der Waals surface area contributed by atoms with Gasteiger partial charge in [0.1, 0.15) is 11.6 Å². The minimum atomic E-state index is -4.14. The molecule has 0 aromatic heterocycles. The fourth-order valence-corrected chi connectivity index (χ4v) is 3.37. The summed E-state index contributed by atoms with van der Waals surface area (Å²) in [5, 5.41) is 0. The number of nitrogens with zero attached hydrogens (tertiary/aromatic N) is 1. The van der Waals surface area contributed by atoms with Crippen molar-refractivity contribution in [3.8, 4) is 0 Å². The van der Waals surface area contributed by atoms with Gasteiger partial charge in [-0.25, -0.2) is 17.2 Å². The van der Waals surface area contributed by atoms with Crippen LogP contribution in [0, 0.1) is 11.6 Å². The molecule has 134 valence electrons. The number of halogens is 2. The van der Waals surface area contributed by atoms with Crippen molar-refractivity contribution in [3.63, 3.8) is 0 Å². The number of hydrogen-bond donors (Lipinski definition) is 1. The molecule has 0 heterocycles. The molecule has 0 bridgehead atoms. The third-order valence-corrected chi connectivity index (χ3v) is 4.94. The fourth-order valence-electron chi connectivity index (χ4n) is 2.27. The van der Waals surface area contributed by atoms with Gasteiger partial charge in [-0.2, -0.15) is 0 Å². The van der Waals surface area contributed by atoms with Gasteiger partial charge in [0, 0.05) is 30.4 Å². The Kier molecular flexibility index (Phi) is 5.73. The molecule has 0 aliphatic rings. The normalized spacial score (nSPS) is 11.2. The number of sulfonamides is 1. The van der Waals surface area contributed by atoms with Crippen molar-refractivity contribution in [2.24, 2.45) is 0 Å². The Morgan fingerprint density at radius 3 is 2.00 bits per heavy atom. The van der Waals surface area contributed by atoms with Crippen molar-refractivity contribution in [1.29, 1.82) is 0 Å². The quantitative estimate of drug-likeness (QED) is 0.851. The van der Waals surface area contributed by atoms with Gasteiger partial charge in [0.15, 0.2) is 0 Å². The summed E-state index contributed by atoms with van der Waals surface area (Å²) in [5.74, 6) is -2.13. The zero-order valence-corrected chi connectivity index (χ0v) is 14.6. The molecule has 0 saturated carbocycles. The van der Waals surface area contributed by atoms with Crippen LogP contribution in [0.1, 0.15) is 24.2 Å². The Hall–Kier alpha value is -2.48. The molecule has 5 nitrogen and oxygen atoms in total. The van der Waals surface area contributed by atoms with Gasteiger partial charge in [0.05, 0.1) is 4.90 Å². The van der Waals surface area contributed by atoms with E-state index in [1.54, 1.807) is 4.90 Å². The van der Waals surface area contributed by atoms with Crippen LogP contribution in [0.15, 0.2) is 47.4 Å². The van der Waals surface area contributed by atoms with E-state index >= 15 is 0 Å². The Labute approximate surface area is 145 Å². The third kappa shape index (κ3) is 4.54. The molecule has 2 aromatic rings. The number of carbonyl (C=O) groups is 1. The largest absolute Gasteiger partial charge is 0.339 e. The first-order valence-electron chi connectivity index (χ1n) is 7.65. The standard InChI is InChI=1S/C17H18F2N2O3S/c1-3-21(4-2)17(22)12-5-7-15(8-6-12)20-25(23,24)16-10-13(18)9-14(19)11-16/h5-11,20H,3-4H2,1-2H3. The van der Waals surface area contributed by atoms with Crippen LogP contribution in [0.3, 0.4) is 0 Å². The summed E-state index contributed by atoms with van der Waals surface area (Å²) in [6, 6.07) is 7.86. The number of carbonyl (C=O) groups excluding carboxylic acids is 1. The van der Waals surface area contributed by atoms with Crippen molar-refractivity contribution < 1.29 is 22.0 Å². The van der Waals surface area contributed by atoms with Gasteiger partial charge in [-0.1, -0.05) is 0 Å². The van der Waals surface area contributed by atoms with Gasteiger partial charge in [0.25, 0.3) is 15.9 Å². The molecule has 0 aliphatic heterocycles. The minimum Gasteiger partial charge on any atom is -0.339 e. The first kappa shape index (κ1) is 18.9. The molecule has 0 saturated heterocycles. The summed E-state index contributed by atoms with van der Waals surface area (Å²) >= 11 is 0. The number of amides is 1. The Bertz CT molecular complexity index is 844. The second-order valence-electron chi connectivity index (χ2n) is 5.27. The third-order valence-electron chi connectivity index (χ3n) is 3.58. The SMILES string of the molecule is CCN(CC)C(=O)c1ccc(NS(=O)(=O)c2cc(F)cc(F)c2)cc1. The second-order valence-corrected chi connectivity index (χ2v) is 6.95. The first-order chi connectivity index (χ1) is 11.8. The summed E-state index contributed by atoms with van der Waals surface area (Å²) < 4.78 is 53.1. The average molecular weight is 368 g/mol. The van der Waals surface area contributed by atoms with Crippen molar-refractivity contribution in [1.82, 2.24) is 4.90 Å². The number of rotatable bonds is 6. The van der Waals surface area contributed by atoms with E-state index in [-0.39, 0.29) is 11.6 Å². The molecule has 0 fully saturated rings. The average Bonchev–Trinajstić information content (AvgIpc) is 2.55. The molecule has 0 aliphatic carbocycles. The van der Waals surface area contributed by atoms with Crippen LogP contribution in [0.2, 0.25) is 0 Å². The molecular formula is C17H18F2N2O3S.